The number of unbranched alkanes of at least 4 members (excludes halogenated alkanes) is 1. The topological polar surface area (TPSA) is 36.9 Å². The van der Waals surface area contributed by atoms with Crippen LogP contribution < -0.4 is 5.32 Å². The minimum Gasteiger partial charge on any atom is -0.367 e. The number of hydrogen-bond acceptors (Lipinski definition) is 2. The molecule has 0 aliphatic carbocycles. The summed E-state index contributed by atoms with van der Waals surface area (Å²) in [6.45, 7) is 2.32. The van der Waals surface area contributed by atoms with E-state index in [2.05, 4.69) is 22.1 Å². The van der Waals surface area contributed by atoms with Crippen molar-refractivity contribution in [3.8, 4) is 0 Å². The minimum absolute atomic E-state index is 0.0571. The van der Waals surface area contributed by atoms with Crippen molar-refractivity contribution in [2.75, 3.05) is 27.2 Å². The van der Waals surface area contributed by atoms with Gasteiger partial charge in [-0.3, -0.25) is 4.99 Å². The second-order valence-electron chi connectivity index (χ2n) is 5.60. The Morgan fingerprint density at radius 2 is 2.00 bits per heavy atom. The lowest BCUT2D eigenvalue weighted by molar-refractivity contribution is -0.176. The number of hydrogen-bond donors (Lipinski definition) is 1. The normalized spacial score (nSPS) is 12.3. The van der Waals surface area contributed by atoms with E-state index in [9.17, 15) is 13.2 Å². The summed E-state index contributed by atoms with van der Waals surface area (Å²) in [5, 5.41) is 3.26. The van der Waals surface area contributed by atoms with Gasteiger partial charge in [0.2, 0.25) is 0 Å². The Morgan fingerprint density at radius 1 is 1.29 bits per heavy atom. The first-order chi connectivity index (χ1) is 11.4. The van der Waals surface area contributed by atoms with E-state index >= 15 is 0 Å². The van der Waals surface area contributed by atoms with Crippen molar-refractivity contribution in [2.24, 2.45) is 4.99 Å². The lowest BCUT2D eigenvalue weighted by atomic mass is 10.1. The Hall–Kier alpha value is -1.76. The van der Waals surface area contributed by atoms with E-state index in [0.29, 0.717) is 12.1 Å². The average Bonchev–Trinajstić information content (AvgIpc) is 2.52. The molecule has 0 bridgehead atoms. The summed E-state index contributed by atoms with van der Waals surface area (Å²) < 4.78 is 41.0. The predicted octanol–water partition coefficient (Wildman–Crippen LogP) is 3.57. The summed E-state index contributed by atoms with van der Waals surface area (Å²) in [7, 11) is 3.71. The van der Waals surface area contributed by atoms with Crippen molar-refractivity contribution in [2.45, 2.75) is 39.1 Å². The van der Waals surface area contributed by atoms with Crippen LogP contribution in [0, 0.1) is 0 Å². The first-order valence-corrected chi connectivity index (χ1v) is 7.99. The smallest absolute Gasteiger partial charge is 0.367 e. The van der Waals surface area contributed by atoms with Crippen molar-refractivity contribution in [3.05, 3.63) is 35.4 Å². The third-order valence-electron chi connectivity index (χ3n) is 3.40. The van der Waals surface area contributed by atoms with Gasteiger partial charge in [-0.1, -0.05) is 37.6 Å². The van der Waals surface area contributed by atoms with Crippen molar-refractivity contribution in [1.29, 1.82) is 0 Å². The van der Waals surface area contributed by atoms with E-state index in [1.165, 1.54) is 0 Å². The van der Waals surface area contributed by atoms with Crippen LogP contribution in [0.15, 0.2) is 29.3 Å². The molecule has 0 atom stereocenters. The summed E-state index contributed by atoms with van der Waals surface area (Å²) in [4.78, 5) is 6.29. The van der Waals surface area contributed by atoms with Gasteiger partial charge in [0, 0.05) is 27.2 Å². The number of guanidine groups is 1. The lowest BCUT2D eigenvalue weighted by Gasteiger charge is -2.22. The van der Waals surface area contributed by atoms with Gasteiger partial charge in [-0.05, 0) is 17.5 Å². The predicted molar refractivity (Wildman–Crippen MR) is 89.9 cm³/mol. The summed E-state index contributed by atoms with van der Waals surface area (Å²) in [6, 6.07) is 7.32. The highest BCUT2D eigenvalue weighted by atomic mass is 19.4. The van der Waals surface area contributed by atoms with Crippen LogP contribution in [0.3, 0.4) is 0 Å². The van der Waals surface area contributed by atoms with Crippen LogP contribution in [0.25, 0.3) is 0 Å². The zero-order valence-electron chi connectivity index (χ0n) is 14.5. The van der Waals surface area contributed by atoms with Crippen molar-refractivity contribution < 1.29 is 17.9 Å². The molecule has 136 valence electrons. The summed E-state index contributed by atoms with van der Waals surface area (Å²) in [6.07, 6.45) is -2.10. The molecular formula is C17H26F3N3O. The molecular weight excluding hydrogens is 319 g/mol. The molecule has 0 unspecified atom stereocenters. The maximum absolute atomic E-state index is 12.1. The molecule has 0 aliphatic rings. The number of alkyl halides is 3. The summed E-state index contributed by atoms with van der Waals surface area (Å²) >= 11 is 0. The van der Waals surface area contributed by atoms with Gasteiger partial charge >= 0.3 is 6.18 Å². The molecule has 0 heterocycles. The quantitative estimate of drug-likeness (QED) is 0.578. The highest BCUT2D eigenvalue weighted by Crippen LogP contribution is 2.16. The molecule has 1 N–H and O–H groups in total. The molecule has 0 fully saturated rings. The number of halogens is 3. The van der Waals surface area contributed by atoms with Crippen molar-refractivity contribution in [1.82, 2.24) is 10.2 Å². The fraction of sp³-hybridized carbons (Fsp3) is 0.588. The van der Waals surface area contributed by atoms with Crippen LogP contribution in [0.2, 0.25) is 0 Å². The molecule has 0 amide bonds. The molecule has 4 nitrogen and oxygen atoms in total. The van der Waals surface area contributed by atoms with Crippen LogP contribution in [-0.4, -0.2) is 44.3 Å². The van der Waals surface area contributed by atoms with Crippen LogP contribution in [0.5, 0.6) is 0 Å². The Morgan fingerprint density at radius 3 is 2.62 bits per heavy atom. The zero-order valence-corrected chi connectivity index (χ0v) is 14.5. The molecule has 1 rings (SSSR count). The number of ether oxygens (including phenoxy) is 1. The van der Waals surface area contributed by atoms with Gasteiger partial charge < -0.3 is 15.0 Å². The summed E-state index contributed by atoms with van der Waals surface area (Å²) in [5.41, 5.74) is 1.68. The number of nitrogens with one attached hydrogen (secondary N) is 1. The third kappa shape index (κ3) is 8.19. The van der Waals surface area contributed by atoms with Crippen molar-refractivity contribution >= 4 is 5.96 Å². The molecule has 0 aliphatic heterocycles. The van der Waals surface area contributed by atoms with E-state index in [4.69, 9.17) is 4.74 Å². The minimum atomic E-state index is -4.30. The highest BCUT2D eigenvalue weighted by molar-refractivity contribution is 5.79. The molecule has 1 aromatic rings. The van der Waals surface area contributed by atoms with Gasteiger partial charge in [0.25, 0.3) is 0 Å². The van der Waals surface area contributed by atoms with E-state index in [0.717, 1.165) is 30.9 Å². The van der Waals surface area contributed by atoms with Gasteiger partial charge in [-0.15, -0.1) is 0 Å². The molecule has 1 aromatic carbocycles. The second-order valence-corrected chi connectivity index (χ2v) is 5.60. The summed E-state index contributed by atoms with van der Waals surface area (Å²) in [5.74, 6) is 0.794. The van der Waals surface area contributed by atoms with Crippen molar-refractivity contribution in [3.63, 3.8) is 0 Å². The SMILES string of the molecule is CCCCN(C)C(=NC)NCc1cccc(COCC(F)(F)F)c1. The first-order valence-electron chi connectivity index (χ1n) is 7.99. The highest BCUT2D eigenvalue weighted by Gasteiger charge is 2.27. The Bertz CT molecular complexity index is 518. The maximum atomic E-state index is 12.1. The fourth-order valence-corrected chi connectivity index (χ4v) is 2.18. The monoisotopic (exact) mass is 345 g/mol. The Balaban J connectivity index is 2.51. The van der Waals surface area contributed by atoms with Crippen LogP contribution in [0.1, 0.15) is 30.9 Å². The molecule has 0 aromatic heterocycles. The number of benzene rings is 1. The first kappa shape index (κ1) is 20.3. The molecule has 0 saturated carbocycles. The number of rotatable bonds is 8. The largest absolute Gasteiger partial charge is 0.411 e. The van der Waals surface area contributed by atoms with E-state index in [1.54, 1.807) is 13.1 Å². The Kier molecular flexibility index (Phi) is 8.60. The van der Waals surface area contributed by atoms with Gasteiger partial charge in [0.1, 0.15) is 6.61 Å². The van der Waals surface area contributed by atoms with Gasteiger partial charge in [0.15, 0.2) is 5.96 Å². The lowest BCUT2D eigenvalue weighted by Crippen LogP contribution is -2.38. The molecule has 0 saturated heterocycles. The van der Waals surface area contributed by atoms with E-state index < -0.39 is 12.8 Å². The van der Waals surface area contributed by atoms with Gasteiger partial charge in [-0.2, -0.15) is 13.2 Å². The number of aliphatic imine (C=N–C) groups is 1. The molecule has 0 radical (unpaired) electrons. The molecule has 24 heavy (non-hydrogen) atoms. The second kappa shape index (κ2) is 10.2. The van der Waals surface area contributed by atoms with Crippen LogP contribution in [0.4, 0.5) is 13.2 Å². The molecule has 0 spiro atoms. The molecule has 7 heteroatoms. The van der Waals surface area contributed by atoms with Crippen LogP contribution >= 0.6 is 0 Å². The van der Waals surface area contributed by atoms with Gasteiger partial charge in [-0.25, -0.2) is 0 Å². The van der Waals surface area contributed by atoms with E-state index in [-0.39, 0.29) is 6.61 Å². The maximum Gasteiger partial charge on any atom is 0.411 e. The third-order valence-corrected chi connectivity index (χ3v) is 3.40. The fourth-order valence-electron chi connectivity index (χ4n) is 2.18. The average molecular weight is 345 g/mol. The standard InChI is InChI=1S/C17H26F3N3O/c1-4-5-9-23(3)16(21-2)22-11-14-7-6-8-15(10-14)12-24-13-17(18,19)20/h6-8,10H,4-5,9,11-13H2,1-3H3,(H,21,22). The Labute approximate surface area is 141 Å². The van der Waals surface area contributed by atoms with Gasteiger partial charge in [0.05, 0.1) is 6.61 Å². The number of nitrogens with zero attached hydrogens (tertiary/aromatic N) is 2. The zero-order chi connectivity index (χ0) is 18.0. The van der Waals surface area contributed by atoms with E-state index in [1.807, 2.05) is 25.2 Å². The van der Waals surface area contributed by atoms with Crippen LogP contribution in [-0.2, 0) is 17.9 Å².